The normalized spacial score (nSPS) is 17.5. The molecule has 2 rings (SSSR count). The summed E-state index contributed by atoms with van der Waals surface area (Å²) in [6, 6.07) is 0. The predicted octanol–water partition coefficient (Wildman–Crippen LogP) is 1.79. The molecule has 6 nitrogen and oxygen atoms in total. The van der Waals surface area contributed by atoms with Crippen molar-refractivity contribution in [2.24, 2.45) is 4.99 Å². The Morgan fingerprint density at radius 2 is 2.12 bits per heavy atom. The van der Waals surface area contributed by atoms with Crippen LogP contribution in [0.15, 0.2) is 11.2 Å². The van der Waals surface area contributed by atoms with E-state index in [4.69, 9.17) is 0 Å². The second-order valence-electron chi connectivity index (χ2n) is 6.55. The van der Waals surface area contributed by atoms with E-state index >= 15 is 0 Å². The SMILES string of the molecule is CCNC(=NCc1ncc(CC)s1)NCCCN1CCCN(C)CC1. The van der Waals surface area contributed by atoms with E-state index in [2.05, 4.69) is 51.3 Å². The molecule has 1 aromatic heterocycles. The van der Waals surface area contributed by atoms with Crippen molar-refractivity contribution < 1.29 is 0 Å². The largest absolute Gasteiger partial charge is 0.357 e. The van der Waals surface area contributed by atoms with Gasteiger partial charge in [0, 0.05) is 37.3 Å². The molecule has 0 spiro atoms. The zero-order chi connectivity index (χ0) is 17.9. The lowest BCUT2D eigenvalue weighted by molar-refractivity contribution is 0.274. The molecule has 0 aromatic carbocycles. The highest BCUT2D eigenvalue weighted by Gasteiger charge is 2.11. The third kappa shape index (κ3) is 7.71. The van der Waals surface area contributed by atoms with Crippen LogP contribution in [-0.4, -0.2) is 73.6 Å². The smallest absolute Gasteiger partial charge is 0.191 e. The molecule has 142 valence electrons. The van der Waals surface area contributed by atoms with Gasteiger partial charge in [-0.2, -0.15) is 0 Å². The van der Waals surface area contributed by atoms with Crippen LogP contribution in [0, 0.1) is 0 Å². The van der Waals surface area contributed by atoms with Gasteiger partial charge in [0.25, 0.3) is 0 Å². The Hall–Kier alpha value is -1.18. The summed E-state index contributed by atoms with van der Waals surface area (Å²) in [4.78, 5) is 15.4. The van der Waals surface area contributed by atoms with Gasteiger partial charge < -0.3 is 20.4 Å². The van der Waals surface area contributed by atoms with Crippen LogP contribution < -0.4 is 10.6 Å². The summed E-state index contributed by atoms with van der Waals surface area (Å²) < 4.78 is 0. The Balaban J connectivity index is 1.70. The maximum atomic E-state index is 4.66. The molecule has 0 saturated carbocycles. The first-order chi connectivity index (χ1) is 12.2. The summed E-state index contributed by atoms with van der Waals surface area (Å²) in [6.45, 7) is 12.7. The van der Waals surface area contributed by atoms with Gasteiger partial charge in [-0.05, 0) is 52.9 Å². The van der Waals surface area contributed by atoms with Crippen LogP contribution in [0.4, 0.5) is 0 Å². The topological polar surface area (TPSA) is 55.8 Å². The number of guanidine groups is 1. The maximum Gasteiger partial charge on any atom is 0.191 e. The molecular weight excluding hydrogens is 332 g/mol. The Kier molecular flexibility index (Phi) is 9.21. The van der Waals surface area contributed by atoms with Crippen molar-refractivity contribution in [1.29, 1.82) is 0 Å². The summed E-state index contributed by atoms with van der Waals surface area (Å²) >= 11 is 1.76. The molecule has 0 amide bonds. The molecule has 1 aromatic rings. The van der Waals surface area contributed by atoms with Crippen LogP contribution in [0.5, 0.6) is 0 Å². The molecule has 0 unspecified atom stereocenters. The van der Waals surface area contributed by atoms with Crippen LogP contribution in [0.3, 0.4) is 0 Å². The molecule has 0 aliphatic carbocycles. The molecule has 0 radical (unpaired) electrons. The number of hydrogen-bond acceptors (Lipinski definition) is 5. The number of nitrogens with one attached hydrogen (secondary N) is 2. The summed E-state index contributed by atoms with van der Waals surface area (Å²) in [5, 5.41) is 7.86. The third-order valence-corrected chi connectivity index (χ3v) is 5.55. The van der Waals surface area contributed by atoms with Crippen molar-refractivity contribution in [3.05, 3.63) is 16.1 Å². The maximum absolute atomic E-state index is 4.66. The Labute approximate surface area is 156 Å². The van der Waals surface area contributed by atoms with Crippen molar-refractivity contribution in [2.45, 2.75) is 39.7 Å². The van der Waals surface area contributed by atoms with Gasteiger partial charge in [-0.25, -0.2) is 9.98 Å². The summed E-state index contributed by atoms with van der Waals surface area (Å²) in [5.74, 6) is 0.895. The van der Waals surface area contributed by atoms with E-state index in [1.165, 1.54) is 37.5 Å². The van der Waals surface area contributed by atoms with Crippen molar-refractivity contribution in [2.75, 3.05) is 52.9 Å². The molecule has 0 atom stereocenters. The van der Waals surface area contributed by atoms with Gasteiger partial charge in [-0.3, -0.25) is 0 Å². The van der Waals surface area contributed by atoms with Crippen LogP contribution in [0.2, 0.25) is 0 Å². The van der Waals surface area contributed by atoms with E-state index in [0.29, 0.717) is 6.54 Å². The first kappa shape index (κ1) is 20.1. The molecule has 2 heterocycles. The minimum absolute atomic E-state index is 0.651. The number of aryl methyl sites for hydroxylation is 1. The van der Waals surface area contributed by atoms with E-state index in [1.54, 1.807) is 11.3 Å². The molecule has 0 bridgehead atoms. The van der Waals surface area contributed by atoms with Crippen LogP contribution in [-0.2, 0) is 13.0 Å². The van der Waals surface area contributed by atoms with Gasteiger partial charge in [-0.1, -0.05) is 6.92 Å². The molecular formula is C18H34N6S. The van der Waals surface area contributed by atoms with Gasteiger partial charge in [0.2, 0.25) is 0 Å². The lowest BCUT2D eigenvalue weighted by Crippen LogP contribution is -2.39. The first-order valence-corrected chi connectivity index (χ1v) is 10.4. The standard InChI is InChI=1S/C18H34N6S/c1-4-16-14-21-17(25-16)15-22-18(19-5-2)20-8-6-10-24-11-7-9-23(3)12-13-24/h14H,4-13,15H2,1-3H3,(H2,19,20,22). The average molecular weight is 367 g/mol. The zero-order valence-electron chi connectivity index (χ0n) is 16.1. The fourth-order valence-electron chi connectivity index (χ4n) is 2.91. The quantitative estimate of drug-likeness (QED) is 0.417. The fourth-order valence-corrected chi connectivity index (χ4v) is 3.69. The van der Waals surface area contributed by atoms with Gasteiger partial charge in [0.05, 0.1) is 6.54 Å². The predicted molar refractivity (Wildman–Crippen MR) is 107 cm³/mol. The van der Waals surface area contributed by atoms with Crippen LogP contribution >= 0.6 is 11.3 Å². The van der Waals surface area contributed by atoms with Gasteiger partial charge in [-0.15, -0.1) is 11.3 Å². The highest BCUT2D eigenvalue weighted by atomic mass is 32.1. The van der Waals surface area contributed by atoms with E-state index in [0.717, 1.165) is 43.4 Å². The number of hydrogen-bond donors (Lipinski definition) is 2. The lowest BCUT2D eigenvalue weighted by Gasteiger charge is -2.20. The number of aromatic nitrogens is 1. The Bertz CT molecular complexity index is 515. The first-order valence-electron chi connectivity index (χ1n) is 9.58. The monoisotopic (exact) mass is 366 g/mol. The minimum Gasteiger partial charge on any atom is -0.357 e. The Morgan fingerprint density at radius 3 is 2.88 bits per heavy atom. The molecule has 1 saturated heterocycles. The third-order valence-electron chi connectivity index (χ3n) is 4.42. The number of thiazole rings is 1. The molecule has 25 heavy (non-hydrogen) atoms. The van der Waals surface area contributed by atoms with Crippen molar-refractivity contribution in [3.63, 3.8) is 0 Å². The lowest BCUT2D eigenvalue weighted by atomic mass is 10.3. The van der Waals surface area contributed by atoms with Crippen LogP contribution in [0.25, 0.3) is 0 Å². The van der Waals surface area contributed by atoms with E-state index in [-0.39, 0.29) is 0 Å². The minimum atomic E-state index is 0.651. The number of nitrogens with zero attached hydrogens (tertiary/aromatic N) is 4. The summed E-state index contributed by atoms with van der Waals surface area (Å²) in [6.07, 6.45) is 5.44. The molecule has 1 aliphatic heterocycles. The highest BCUT2D eigenvalue weighted by Crippen LogP contribution is 2.13. The van der Waals surface area contributed by atoms with Crippen molar-refractivity contribution in [1.82, 2.24) is 25.4 Å². The fraction of sp³-hybridized carbons (Fsp3) is 0.778. The molecule has 1 aliphatic rings. The molecule has 2 N–H and O–H groups in total. The number of rotatable bonds is 8. The number of aliphatic imine (C=N–C) groups is 1. The van der Waals surface area contributed by atoms with E-state index in [9.17, 15) is 0 Å². The number of likely N-dealkylation sites (N-methyl/N-ethyl adjacent to an activating group) is 1. The zero-order valence-corrected chi connectivity index (χ0v) is 16.9. The summed E-state index contributed by atoms with van der Waals surface area (Å²) in [5.41, 5.74) is 0. The van der Waals surface area contributed by atoms with Gasteiger partial charge in [0.15, 0.2) is 5.96 Å². The molecule has 7 heteroatoms. The van der Waals surface area contributed by atoms with Gasteiger partial charge in [0.1, 0.15) is 5.01 Å². The van der Waals surface area contributed by atoms with E-state index < -0.39 is 0 Å². The van der Waals surface area contributed by atoms with Gasteiger partial charge >= 0.3 is 0 Å². The summed E-state index contributed by atoms with van der Waals surface area (Å²) in [7, 11) is 2.22. The van der Waals surface area contributed by atoms with Crippen molar-refractivity contribution >= 4 is 17.3 Å². The molecule has 1 fully saturated rings. The van der Waals surface area contributed by atoms with Crippen molar-refractivity contribution in [3.8, 4) is 0 Å². The Morgan fingerprint density at radius 1 is 1.24 bits per heavy atom. The van der Waals surface area contributed by atoms with E-state index in [1.807, 2.05) is 6.20 Å². The van der Waals surface area contributed by atoms with Crippen LogP contribution in [0.1, 0.15) is 36.6 Å². The average Bonchev–Trinajstić information content (AvgIpc) is 2.98. The second kappa shape index (κ2) is 11.4. The highest BCUT2D eigenvalue weighted by molar-refractivity contribution is 7.11. The second-order valence-corrected chi connectivity index (χ2v) is 7.75.